The Labute approximate surface area is 139 Å². The van der Waals surface area contributed by atoms with E-state index in [-0.39, 0.29) is 6.04 Å². The summed E-state index contributed by atoms with van der Waals surface area (Å²) >= 11 is 0. The van der Waals surface area contributed by atoms with E-state index in [1.54, 1.807) is 10.9 Å². The number of nitrogens with zero attached hydrogens (tertiary/aromatic N) is 3. The maximum atomic E-state index is 12.6. The molecular formula is C17H21F3N4. The van der Waals surface area contributed by atoms with Crippen molar-refractivity contribution in [1.82, 2.24) is 14.7 Å². The van der Waals surface area contributed by atoms with Gasteiger partial charge in [-0.3, -0.25) is 9.58 Å². The van der Waals surface area contributed by atoms with E-state index in [9.17, 15) is 13.2 Å². The Bertz CT molecular complexity index is 668. The van der Waals surface area contributed by atoms with E-state index in [0.717, 1.165) is 42.9 Å². The first-order valence-electron chi connectivity index (χ1n) is 7.96. The first-order chi connectivity index (χ1) is 11.3. The van der Waals surface area contributed by atoms with Gasteiger partial charge in [0.1, 0.15) is 0 Å². The van der Waals surface area contributed by atoms with Crippen LogP contribution in [0, 0.1) is 5.92 Å². The summed E-state index contributed by atoms with van der Waals surface area (Å²) < 4.78 is 39.4. The predicted octanol–water partition coefficient (Wildman–Crippen LogP) is 2.73. The van der Waals surface area contributed by atoms with Crippen LogP contribution in [0.5, 0.6) is 0 Å². The number of likely N-dealkylation sites (tertiary alicyclic amines) is 1. The number of rotatable bonds is 4. The van der Waals surface area contributed by atoms with E-state index in [1.165, 1.54) is 12.1 Å². The standard InChI is InChI=1S/C17H21F3N4/c1-12-7-23(11-16(12)21)8-14-6-22-24(10-14)9-13-2-4-15(5-3-13)17(18,19)20/h2-6,10,12,16H,7-9,11,21H2,1H3. The highest BCUT2D eigenvalue weighted by Crippen LogP contribution is 2.29. The van der Waals surface area contributed by atoms with Gasteiger partial charge in [0.05, 0.1) is 18.3 Å². The lowest BCUT2D eigenvalue weighted by atomic mass is 10.1. The van der Waals surface area contributed by atoms with Crippen LogP contribution in [0.3, 0.4) is 0 Å². The van der Waals surface area contributed by atoms with Crippen LogP contribution in [-0.4, -0.2) is 33.8 Å². The zero-order valence-electron chi connectivity index (χ0n) is 13.5. The van der Waals surface area contributed by atoms with Crippen molar-refractivity contribution in [3.8, 4) is 0 Å². The molecule has 2 aromatic rings. The van der Waals surface area contributed by atoms with Crippen LogP contribution in [0.4, 0.5) is 13.2 Å². The molecule has 2 heterocycles. The quantitative estimate of drug-likeness (QED) is 0.932. The summed E-state index contributed by atoms with van der Waals surface area (Å²) in [5, 5.41) is 4.30. The monoisotopic (exact) mass is 338 g/mol. The van der Waals surface area contributed by atoms with E-state index in [1.807, 2.05) is 6.20 Å². The molecule has 2 unspecified atom stereocenters. The van der Waals surface area contributed by atoms with Gasteiger partial charge in [-0.1, -0.05) is 19.1 Å². The highest BCUT2D eigenvalue weighted by Gasteiger charge is 2.30. The molecule has 1 aliphatic heterocycles. The summed E-state index contributed by atoms with van der Waals surface area (Å²) in [4.78, 5) is 2.30. The number of alkyl halides is 3. The molecule has 0 aliphatic carbocycles. The molecule has 0 amide bonds. The number of aromatic nitrogens is 2. The van der Waals surface area contributed by atoms with Gasteiger partial charge in [0.25, 0.3) is 0 Å². The van der Waals surface area contributed by atoms with Crippen LogP contribution in [-0.2, 0) is 19.3 Å². The third kappa shape index (κ3) is 3.96. The second-order valence-electron chi connectivity index (χ2n) is 6.58. The Morgan fingerprint density at radius 2 is 1.83 bits per heavy atom. The average Bonchev–Trinajstić information content (AvgIpc) is 3.06. The fraction of sp³-hybridized carbons (Fsp3) is 0.471. The lowest BCUT2D eigenvalue weighted by Crippen LogP contribution is -2.28. The predicted molar refractivity (Wildman–Crippen MR) is 85.2 cm³/mol. The van der Waals surface area contributed by atoms with Gasteiger partial charge in [-0.05, 0) is 23.6 Å². The second kappa shape index (κ2) is 6.57. The average molecular weight is 338 g/mol. The summed E-state index contributed by atoms with van der Waals surface area (Å²) in [5.74, 6) is 0.493. The molecule has 4 nitrogen and oxygen atoms in total. The molecule has 2 atom stereocenters. The molecule has 0 saturated carbocycles. The molecule has 3 rings (SSSR count). The summed E-state index contributed by atoms with van der Waals surface area (Å²) in [7, 11) is 0. The lowest BCUT2D eigenvalue weighted by molar-refractivity contribution is -0.137. The molecule has 1 aromatic carbocycles. The Kier molecular flexibility index (Phi) is 4.64. The first kappa shape index (κ1) is 17.0. The molecule has 0 bridgehead atoms. The van der Waals surface area contributed by atoms with Crippen molar-refractivity contribution in [1.29, 1.82) is 0 Å². The van der Waals surface area contributed by atoms with Gasteiger partial charge in [-0.2, -0.15) is 18.3 Å². The molecule has 0 spiro atoms. The Balaban J connectivity index is 1.60. The molecule has 7 heteroatoms. The maximum absolute atomic E-state index is 12.6. The molecule has 0 radical (unpaired) electrons. The lowest BCUT2D eigenvalue weighted by Gasteiger charge is -2.13. The van der Waals surface area contributed by atoms with Crippen molar-refractivity contribution < 1.29 is 13.2 Å². The topological polar surface area (TPSA) is 47.1 Å². The third-order valence-corrected chi connectivity index (χ3v) is 4.46. The minimum atomic E-state index is -4.30. The van der Waals surface area contributed by atoms with Crippen LogP contribution in [0.1, 0.15) is 23.6 Å². The molecule has 1 saturated heterocycles. The number of benzene rings is 1. The molecule has 1 fully saturated rings. The summed E-state index contributed by atoms with van der Waals surface area (Å²) in [6, 6.07) is 5.41. The second-order valence-corrected chi connectivity index (χ2v) is 6.58. The van der Waals surface area contributed by atoms with Crippen LogP contribution >= 0.6 is 0 Å². The third-order valence-electron chi connectivity index (χ3n) is 4.46. The van der Waals surface area contributed by atoms with E-state index in [4.69, 9.17) is 5.73 Å². The van der Waals surface area contributed by atoms with Crippen molar-refractivity contribution in [2.45, 2.75) is 32.2 Å². The number of halogens is 3. The van der Waals surface area contributed by atoms with Crippen molar-refractivity contribution >= 4 is 0 Å². The minimum Gasteiger partial charge on any atom is -0.326 e. The van der Waals surface area contributed by atoms with Crippen molar-refractivity contribution in [2.24, 2.45) is 11.7 Å². The minimum absolute atomic E-state index is 0.215. The highest BCUT2D eigenvalue weighted by atomic mass is 19.4. The largest absolute Gasteiger partial charge is 0.416 e. The fourth-order valence-electron chi connectivity index (χ4n) is 3.04. The number of hydrogen-bond donors (Lipinski definition) is 1. The maximum Gasteiger partial charge on any atom is 0.416 e. The van der Waals surface area contributed by atoms with Crippen LogP contribution in [0.2, 0.25) is 0 Å². The molecular weight excluding hydrogens is 317 g/mol. The van der Waals surface area contributed by atoms with Gasteiger partial charge < -0.3 is 5.73 Å². The molecule has 130 valence electrons. The van der Waals surface area contributed by atoms with Crippen LogP contribution in [0.15, 0.2) is 36.7 Å². The first-order valence-corrected chi connectivity index (χ1v) is 7.96. The molecule has 24 heavy (non-hydrogen) atoms. The zero-order chi connectivity index (χ0) is 17.3. The van der Waals surface area contributed by atoms with Gasteiger partial charge in [0.2, 0.25) is 0 Å². The summed E-state index contributed by atoms with van der Waals surface area (Å²) in [5.41, 5.74) is 7.27. The van der Waals surface area contributed by atoms with Crippen molar-refractivity contribution in [2.75, 3.05) is 13.1 Å². The SMILES string of the molecule is CC1CN(Cc2cnn(Cc3ccc(C(F)(F)F)cc3)c2)CC1N. The Morgan fingerprint density at radius 1 is 1.12 bits per heavy atom. The normalized spacial score (nSPS) is 22.2. The van der Waals surface area contributed by atoms with Crippen molar-refractivity contribution in [3.63, 3.8) is 0 Å². The number of hydrogen-bond acceptors (Lipinski definition) is 3. The molecule has 1 aromatic heterocycles. The van der Waals surface area contributed by atoms with Gasteiger partial charge in [-0.15, -0.1) is 0 Å². The summed E-state index contributed by atoms with van der Waals surface area (Å²) in [6.45, 7) is 5.26. The van der Waals surface area contributed by atoms with Gasteiger partial charge in [-0.25, -0.2) is 0 Å². The van der Waals surface area contributed by atoms with Gasteiger partial charge in [0, 0.05) is 37.4 Å². The highest BCUT2D eigenvalue weighted by molar-refractivity contribution is 5.24. The van der Waals surface area contributed by atoms with E-state index in [0.29, 0.717) is 12.5 Å². The smallest absolute Gasteiger partial charge is 0.326 e. The van der Waals surface area contributed by atoms with Crippen molar-refractivity contribution in [3.05, 3.63) is 53.3 Å². The van der Waals surface area contributed by atoms with Crippen LogP contribution < -0.4 is 5.73 Å². The Hall–Kier alpha value is -1.86. The van der Waals surface area contributed by atoms with Gasteiger partial charge in [0.15, 0.2) is 0 Å². The molecule has 1 aliphatic rings. The van der Waals surface area contributed by atoms with E-state index < -0.39 is 11.7 Å². The van der Waals surface area contributed by atoms with Crippen LogP contribution in [0.25, 0.3) is 0 Å². The van der Waals surface area contributed by atoms with Gasteiger partial charge >= 0.3 is 6.18 Å². The van der Waals surface area contributed by atoms with E-state index >= 15 is 0 Å². The zero-order valence-corrected chi connectivity index (χ0v) is 13.5. The Morgan fingerprint density at radius 3 is 2.42 bits per heavy atom. The summed E-state index contributed by atoms with van der Waals surface area (Å²) in [6.07, 6.45) is -0.560. The fourth-order valence-corrected chi connectivity index (χ4v) is 3.04. The molecule has 2 N–H and O–H groups in total. The van der Waals surface area contributed by atoms with E-state index in [2.05, 4.69) is 16.9 Å². The number of nitrogens with two attached hydrogens (primary N) is 1.